The summed E-state index contributed by atoms with van der Waals surface area (Å²) in [6, 6.07) is 21.3. The Balaban J connectivity index is 2.06. The zero-order valence-corrected chi connectivity index (χ0v) is 25.3. The van der Waals surface area contributed by atoms with Crippen molar-refractivity contribution >= 4 is 39.1 Å². The van der Waals surface area contributed by atoms with Crippen LogP contribution in [0.2, 0.25) is 5.02 Å². The van der Waals surface area contributed by atoms with Crippen LogP contribution in [0.4, 0.5) is 5.69 Å². The van der Waals surface area contributed by atoms with E-state index in [4.69, 9.17) is 11.6 Å². The lowest BCUT2D eigenvalue weighted by Gasteiger charge is -2.34. The molecule has 0 bridgehead atoms. The first-order valence-electron chi connectivity index (χ1n) is 13.3. The summed E-state index contributed by atoms with van der Waals surface area (Å²) < 4.78 is 27.0. The maximum absolute atomic E-state index is 14.1. The van der Waals surface area contributed by atoms with Crippen molar-refractivity contribution in [3.63, 3.8) is 0 Å². The van der Waals surface area contributed by atoms with E-state index < -0.39 is 28.5 Å². The molecule has 0 heterocycles. The van der Waals surface area contributed by atoms with Gasteiger partial charge in [0.05, 0.1) is 11.9 Å². The highest BCUT2D eigenvalue weighted by molar-refractivity contribution is 7.92. The first kappa shape index (κ1) is 31.2. The van der Waals surface area contributed by atoms with Crippen LogP contribution < -0.4 is 9.62 Å². The normalized spacial score (nSPS) is 12.2. The standard InChI is InChI=1S/C31H38ClN3O4S/c1-22(2)19-33-31(37)29(17-25-9-7-6-8-10-25)34(20-26-14-11-23(3)12-15-26)30(36)21-35(40(5,38)39)28-18-27(32)16-13-24(28)4/h6-16,18,22,29H,17,19-21H2,1-5H3,(H,33,37). The summed E-state index contributed by atoms with van der Waals surface area (Å²) in [4.78, 5) is 29.3. The highest BCUT2D eigenvalue weighted by Gasteiger charge is 2.33. The summed E-state index contributed by atoms with van der Waals surface area (Å²) in [5.74, 6) is -0.567. The Hall–Kier alpha value is -3.36. The van der Waals surface area contributed by atoms with E-state index in [0.717, 1.165) is 27.3 Å². The Bertz CT molecular complexity index is 1410. The number of hydrogen-bond acceptors (Lipinski definition) is 4. The van der Waals surface area contributed by atoms with Crippen molar-refractivity contribution in [3.05, 3.63) is 100 Å². The van der Waals surface area contributed by atoms with Gasteiger partial charge in [-0.1, -0.05) is 91.7 Å². The van der Waals surface area contributed by atoms with Crippen LogP contribution in [0.25, 0.3) is 0 Å². The van der Waals surface area contributed by atoms with Gasteiger partial charge in [-0.15, -0.1) is 0 Å². The highest BCUT2D eigenvalue weighted by atomic mass is 35.5. The third-order valence-electron chi connectivity index (χ3n) is 6.55. The predicted molar refractivity (Wildman–Crippen MR) is 162 cm³/mol. The predicted octanol–water partition coefficient (Wildman–Crippen LogP) is 5.14. The molecule has 0 aromatic heterocycles. The number of carbonyl (C=O) groups excluding carboxylic acids is 2. The van der Waals surface area contributed by atoms with Crippen molar-refractivity contribution in [2.75, 3.05) is 23.7 Å². The molecular weight excluding hydrogens is 546 g/mol. The molecule has 214 valence electrons. The summed E-state index contributed by atoms with van der Waals surface area (Å²) in [7, 11) is -3.86. The van der Waals surface area contributed by atoms with Gasteiger partial charge in [-0.2, -0.15) is 0 Å². The number of benzene rings is 3. The Labute approximate surface area is 243 Å². The van der Waals surface area contributed by atoms with E-state index in [1.807, 2.05) is 75.4 Å². The monoisotopic (exact) mass is 583 g/mol. The van der Waals surface area contributed by atoms with E-state index in [1.165, 1.54) is 11.0 Å². The van der Waals surface area contributed by atoms with Gasteiger partial charge in [0.15, 0.2) is 0 Å². The molecule has 3 aromatic rings. The summed E-state index contributed by atoms with van der Waals surface area (Å²) in [6.07, 6.45) is 1.33. The first-order valence-corrected chi connectivity index (χ1v) is 15.5. The van der Waals surface area contributed by atoms with Crippen molar-refractivity contribution in [3.8, 4) is 0 Å². The van der Waals surface area contributed by atoms with Gasteiger partial charge in [0, 0.05) is 24.5 Å². The van der Waals surface area contributed by atoms with Gasteiger partial charge in [0.2, 0.25) is 21.8 Å². The molecule has 1 atom stereocenters. The van der Waals surface area contributed by atoms with Gasteiger partial charge >= 0.3 is 0 Å². The number of halogens is 1. The topological polar surface area (TPSA) is 86.8 Å². The maximum Gasteiger partial charge on any atom is 0.244 e. The van der Waals surface area contributed by atoms with Gasteiger partial charge in [-0.25, -0.2) is 8.42 Å². The molecule has 3 aromatic carbocycles. The van der Waals surface area contributed by atoms with Crippen LogP contribution in [0.3, 0.4) is 0 Å². The van der Waals surface area contributed by atoms with Crippen LogP contribution in [-0.4, -0.2) is 50.5 Å². The molecule has 2 amide bonds. The number of nitrogens with one attached hydrogen (secondary N) is 1. The maximum atomic E-state index is 14.1. The van der Waals surface area contributed by atoms with Crippen molar-refractivity contribution in [2.45, 2.75) is 46.7 Å². The summed E-state index contributed by atoms with van der Waals surface area (Å²) >= 11 is 6.20. The lowest BCUT2D eigenvalue weighted by molar-refractivity contribution is -0.140. The Morgan fingerprint density at radius 2 is 1.57 bits per heavy atom. The van der Waals surface area contributed by atoms with Crippen molar-refractivity contribution in [1.29, 1.82) is 0 Å². The molecule has 0 saturated carbocycles. The molecule has 0 radical (unpaired) electrons. The number of nitrogens with zero attached hydrogens (tertiary/aromatic N) is 2. The van der Waals surface area contributed by atoms with Gasteiger partial charge in [-0.05, 0) is 48.6 Å². The van der Waals surface area contributed by atoms with Gasteiger partial charge in [0.1, 0.15) is 12.6 Å². The minimum absolute atomic E-state index is 0.137. The molecule has 3 rings (SSSR count). The average Bonchev–Trinajstić information content (AvgIpc) is 2.90. The van der Waals surface area contributed by atoms with Gasteiger partial charge < -0.3 is 10.2 Å². The number of aryl methyl sites for hydroxylation is 2. The van der Waals surface area contributed by atoms with E-state index in [1.54, 1.807) is 19.1 Å². The van der Waals surface area contributed by atoms with Crippen molar-refractivity contribution in [1.82, 2.24) is 10.2 Å². The smallest absolute Gasteiger partial charge is 0.244 e. The van der Waals surface area contributed by atoms with Crippen LogP contribution in [0.15, 0.2) is 72.8 Å². The van der Waals surface area contributed by atoms with E-state index >= 15 is 0 Å². The van der Waals surface area contributed by atoms with E-state index in [-0.39, 0.29) is 24.8 Å². The second-order valence-electron chi connectivity index (χ2n) is 10.6. The molecular formula is C31H38ClN3O4S. The van der Waals surface area contributed by atoms with Gasteiger partial charge in [-0.3, -0.25) is 13.9 Å². The lowest BCUT2D eigenvalue weighted by atomic mass is 10.0. The number of amides is 2. The van der Waals surface area contributed by atoms with Crippen LogP contribution in [-0.2, 0) is 32.6 Å². The molecule has 9 heteroatoms. The van der Waals surface area contributed by atoms with E-state index in [2.05, 4.69) is 5.32 Å². The third kappa shape index (κ3) is 8.83. The number of rotatable bonds is 12. The molecule has 1 N–H and O–H groups in total. The Kier molecular flexibility index (Phi) is 10.8. The molecule has 1 unspecified atom stereocenters. The fourth-order valence-electron chi connectivity index (χ4n) is 4.31. The second-order valence-corrected chi connectivity index (χ2v) is 12.9. The van der Waals surface area contributed by atoms with Crippen molar-refractivity contribution in [2.24, 2.45) is 5.92 Å². The summed E-state index contributed by atoms with van der Waals surface area (Å²) in [5, 5.41) is 3.34. The van der Waals surface area contributed by atoms with Crippen LogP contribution in [0.5, 0.6) is 0 Å². The Morgan fingerprint density at radius 1 is 0.925 bits per heavy atom. The largest absolute Gasteiger partial charge is 0.354 e. The SMILES string of the molecule is Cc1ccc(CN(C(=O)CN(c2cc(Cl)ccc2C)S(C)(=O)=O)C(Cc2ccccc2)C(=O)NCC(C)C)cc1. The average molecular weight is 584 g/mol. The first-order chi connectivity index (χ1) is 18.8. The molecule has 0 spiro atoms. The number of hydrogen-bond donors (Lipinski definition) is 1. The molecule has 40 heavy (non-hydrogen) atoms. The van der Waals surface area contributed by atoms with Crippen molar-refractivity contribution < 1.29 is 18.0 Å². The number of anilines is 1. The number of carbonyl (C=O) groups is 2. The summed E-state index contributed by atoms with van der Waals surface area (Å²) in [6.45, 7) is 7.84. The zero-order chi connectivity index (χ0) is 29.4. The molecule has 0 fully saturated rings. The van der Waals surface area contributed by atoms with E-state index in [0.29, 0.717) is 22.8 Å². The molecule has 0 aliphatic carbocycles. The minimum atomic E-state index is -3.86. The fourth-order valence-corrected chi connectivity index (χ4v) is 5.38. The molecule has 0 aliphatic heterocycles. The fraction of sp³-hybridized carbons (Fsp3) is 0.355. The zero-order valence-electron chi connectivity index (χ0n) is 23.7. The molecule has 0 aliphatic rings. The Morgan fingerprint density at radius 3 is 2.17 bits per heavy atom. The second kappa shape index (κ2) is 13.8. The molecule has 7 nitrogen and oxygen atoms in total. The van der Waals surface area contributed by atoms with Gasteiger partial charge in [0.25, 0.3) is 0 Å². The number of sulfonamides is 1. The third-order valence-corrected chi connectivity index (χ3v) is 7.91. The van der Waals surface area contributed by atoms with Crippen LogP contribution in [0.1, 0.15) is 36.1 Å². The van der Waals surface area contributed by atoms with E-state index in [9.17, 15) is 18.0 Å². The highest BCUT2D eigenvalue weighted by Crippen LogP contribution is 2.27. The molecule has 0 saturated heterocycles. The van der Waals surface area contributed by atoms with Crippen LogP contribution >= 0.6 is 11.6 Å². The lowest BCUT2D eigenvalue weighted by Crippen LogP contribution is -2.53. The summed E-state index contributed by atoms with van der Waals surface area (Å²) in [5.41, 5.74) is 3.76. The van der Waals surface area contributed by atoms with Crippen LogP contribution in [0, 0.1) is 19.8 Å². The quantitative estimate of drug-likeness (QED) is 0.320. The minimum Gasteiger partial charge on any atom is -0.354 e.